The van der Waals surface area contributed by atoms with Gasteiger partial charge in [0.05, 0.1) is 24.6 Å². The number of nitrogens with one attached hydrogen (secondary N) is 1. The van der Waals surface area contributed by atoms with E-state index >= 15 is 0 Å². The van der Waals surface area contributed by atoms with Crippen LogP contribution in [-0.2, 0) is 21.4 Å². The lowest BCUT2D eigenvalue weighted by Gasteiger charge is -2.10. The van der Waals surface area contributed by atoms with Gasteiger partial charge in [-0.15, -0.1) is 0 Å². The molecular formula is C19H20N2O5S. The van der Waals surface area contributed by atoms with Crippen LogP contribution in [0.3, 0.4) is 0 Å². The summed E-state index contributed by atoms with van der Waals surface area (Å²) in [6.07, 6.45) is 1.70. The molecule has 0 fully saturated rings. The van der Waals surface area contributed by atoms with Crippen LogP contribution in [0, 0.1) is 6.92 Å². The summed E-state index contributed by atoms with van der Waals surface area (Å²) in [6.45, 7) is 1.69. The number of aromatic nitrogens is 1. The van der Waals surface area contributed by atoms with E-state index in [2.05, 4.69) is 4.72 Å². The van der Waals surface area contributed by atoms with E-state index in [9.17, 15) is 13.2 Å². The Hall–Kier alpha value is -3.00. The van der Waals surface area contributed by atoms with Gasteiger partial charge >= 0.3 is 0 Å². The van der Waals surface area contributed by atoms with E-state index in [-0.39, 0.29) is 11.4 Å². The number of hydrogen-bond acceptors (Lipinski definition) is 5. The van der Waals surface area contributed by atoms with Gasteiger partial charge in [0.25, 0.3) is 15.9 Å². The van der Waals surface area contributed by atoms with Crippen LogP contribution in [0.25, 0.3) is 10.9 Å². The summed E-state index contributed by atoms with van der Waals surface area (Å²) in [5.41, 5.74) is 1.64. The third-order valence-corrected chi connectivity index (χ3v) is 5.56. The van der Waals surface area contributed by atoms with Gasteiger partial charge in [0.1, 0.15) is 18.0 Å². The van der Waals surface area contributed by atoms with Crippen LogP contribution < -0.4 is 14.2 Å². The highest BCUT2D eigenvalue weighted by Gasteiger charge is 2.18. The average molecular weight is 388 g/mol. The van der Waals surface area contributed by atoms with Gasteiger partial charge in [-0.05, 0) is 25.1 Å². The summed E-state index contributed by atoms with van der Waals surface area (Å²) in [6, 6.07) is 11.6. The quantitative estimate of drug-likeness (QED) is 0.701. The van der Waals surface area contributed by atoms with Gasteiger partial charge in [0, 0.05) is 23.7 Å². The fraction of sp³-hybridized carbons (Fsp3) is 0.211. The molecule has 1 heterocycles. The van der Waals surface area contributed by atoms with Gasteiger partial charge in [-0.1, -0.05) is 17.7 Å². The minimum atomic E-state index is -3.92. The maximum atomic E-state index is 12.4. The summed E-state index contributed by atoms with van der Waals surface area (Å²) in [5, 5.41) is 0.799. The first-order valence-corrected chi connectivity index (χ1v) is 9.65. The van der Waals surface area contributed by atoms with Crippen molar-refractivity contribution in [3.63, 3.8) is 0 Å². The van der Waals surface area contributed by atoms with Crippen molar-refractivity contribution in [1.82, 2.24) is 9.29 Å². The number of aryl methyl sites for hydroxylation is 1. The molecule has 1 aromatic heterocycles. The highest BCUT2D eigenvalue weighted by molar-refractivity contribution is 7.90. The molecule has 27 heavy (non-hydrogen) atoms. The number of methoxy groups -OCH3 is 2. The Morgan fingerprint density at radius 3 is 2.41 bits per heavy atom. The van der Waals surface area contributed by atoms with E-state index in [0.717, 1.165) is 10.9 Å². The van der Waals surface area contributed by atoms with Crippen LogP contribution >= 0.6 is 0 Å². The zero-order valence-corrected chi connectivity index (χ0v) is 16.0. The summed E-state index contributed by atoms with van der Waals surface area (Å²) in [5.74, 6) is 0.539. The van der Waals surface area contributed by atoms with Crippen molar-refractivity contribution < 1.29 is 22.7 Å². The first kappa shape index (κ1) is 18.8. The van der Waals surface area contributed by atoms with E-state index in [1.165, 1.54) is 19.2 Å². The lowest BCUT2D eigenvalue weighted by molar-refractivity contribution is -0.119. The van der Waals surface area contributed by atoms with Crippen molar-refractivity contribution in [1.29, 1.82) is 0 Å². The molecule has 0 aliphatic rings. The molecule has 0 aliphatic heterocycles. The normalized spacial score (nSPS) is 11.4. The summed E-state index contributed by atoms with van der Waals surface area (Å²) >= 11 is 0. The highest BCUT2D eigenvalue weighted by atomic mass is 32.2. The molecule has 0 unspecified atom stereocenters. The first-order chi connectivity index (χ1) is 12.8. The smallest absolute Gasteiger partial charge is 0.264 e. The number of nitrogens with zero attached hydrogens (tertiary/aromatic N) is 1. The van der Waals surface area contributed by atoms with Gasteiger partial charge < -0.3 is 14.0 Å². The van der Waals surface area contributed by atoms with E-state index in [1.807, 2.05) is 6.92 Å². The van der Waals surface area contributed by atoms with Crippen molar-refractivity contribution in [2.24, 2.45) is 0 Å². The largest absolute Gasteiger partial charge is 0.497 e. The van der Waals surface area contributed by atoms with Gasteiger partial charge in [0.15, 0.2) is 0 Å². The van der Waals surface area contributed by atoms with E-state index in [0.29, 0.717) is 17.0 Å². The number of benzene rings is 2. The molecular weight excluding hydrogens is 368 g/mol. The minimum Gasteiger partial charge on any atom is -0.497 e. The Bertz CT molecular complexity index is 1090. The van der Waals surface area contributed by atoms with Gasteiger partial charge in [-0.2, -0.15) is 0 Å². The Kier molecular flexibility index (Phi) is 5.09. The molecule has 1 N–H and O–H groups in total. The zero-order chi connectivity index (χ0) is 19.6. The number of carbonyl (C=O) groups excluding carboxylic acids is 1. The number of sulfonamides is 1. The predicted octanol–water partition coefficient (Wildman–Crippen LogP) is 2.47. The topological polar surface area (TPSA) is 86.6 Å². The second-order valence-electron chi connectivity index (χ2n) is 6.05. The molecule has 0 aliphatic carbocycles. The van der Waals surface area contributed by atoms with E-state index in [1.54, 1.807) is 48.2 Å². The lowest BCUT2D eigenvalue weighted by Crippen LogP contribution is -2.33. The SMILES string of the molecule is COc1cc(OC)c2ccn(CC(=O)NS(=O)(=O)c3ccc(C)cc3)c2c1. The van der Waals surface area contributed by atoms with Crippen molar-refractivity contribution in [2.45, 2.75) is 18.4 Å². The Morgan fingerprint density at radius 1 is 1.07 bits per heavy atom. The van der Waals surface area contributed by atoms with Crippen molar-refractivity contribution in [2.75, 3.05) is 14.2 Å². The molecule has 0 atom stereocenters. The molecule has 0 radical (unpaired) electrons. The number of rotatable bonds is 6. The Balaban J connectivity index is 1.85. The molecule has 0 saturated heterocycles. The number of carbonyl (C=O) groups is 1. The third kappa shape index (κ3) is 3.90. The van der Waals surface area contributed by atoms with Crippen molar-refractivity contribution >= 4 is 26.8 Å². The second-order valence-corrected chi connectivity index (χ2v) is 7.73. The Labute approximate surface area is 157 Å². The van der Waals surface area contributed by atoms with Crippen LogP contribution in [0.15, 0.2) is 53.6 Å². The van der Waals surface area contributed by atoms with E-state index in [4.69, 9.17) is 9.47 Å². The van der Waals surface area contributed by atoms with Gasteiger partial charge in [-0.3, -0.25) is 4.79 Å². The second kappa shape index (κ2) is 7.32. The number of ether oxygens (including phenoxy) is 2. The van der Waals surface area contributed by atoms with Crippen LogP contribution in [0.1, 0.15) is 5.56 Å². The fourth-order valence-corrected chi connectivity index (χ4v) is 3.75. The molecule has 3 rings (SSSR count). The number of hydrogen-bond donors (Lipinski definition) is 1. The van der Waals surface area contributed by atoms with Crippen LogP contribution in [0.4, 0.5) is 0 Å². The molecule has 142 valence electrons. The molecule has 0 bridgehead atoms. The average Bonchev–Trinajstić information content (AvgIpc) is 3.03. The summed E-state index contributed by atoms with van der Waals surface area (Å²) in [7, 11) is -0.836. The molecule has 1 amide bonds. The van der Waals surface area contributed by atoms with Gasteiger partial charge in [0.2, 0.25) is 0 Å². The number of amides is 1. The maximum Gasteiger partial charge on any atom is 0.264 e. The lowest BCUT2D eigenvalue weighted by atomic mass is 10.2. The summed E-state index contributed by atoms with van der Waals surface area (Å²) in [4.78, 5) is 12.4. The highest BCUT2D eigenvalue weighted by Crippen LogP contribution is 2.31. The molecule has 0 spiro atoms. The minimum absolute atomic E-state index is 0.0437. The molecule has 2 aromatic carbocycles. The Morgan fingerprint density at radius 2 is 1.78 bits per heavy atom. The molecule has 8 heteroatoms. The standard InChI is InChI=1S/C19H20N2O5S/c1-13-4-6-15(7-5-13)27(23,24)20-19(22)12-21-9-8-16-17(21)10-14(25-2)11-18(16)26-3/h4-11H,12H2,1-3H3,(H,20,22). The third-order valence-electron chi connectivity index (χ3n) is 4.17. The van der Waals surface area contributed by atoms with Crippen LogP contribution in [0.2, 0.25) is 0 Å². The van der Waals surface area contributed by atoms with E-state index < -0.39 is 15.9 Å². The maximum absolute atomic E-state index is 12.4. The number of fused-ring (bicyclic) bond motifs is 1. The monoisotopic (exact) mass is 388 g/mol. The van der Waals surface area contributed by atoms with Gasteiger partial charge in [-0.25, -0.2) is 13.1 Å². The molecule has 0 saturated carbocycles. The van der Waals surface area contributed by atoms with Crippen molar-refractivity contribution in [3.05, 3.63) is 54.2 Å². The molecule has 7 nitrogen and oxygen atoms in total. The predicted molar refractivity (Wildman–Crippen MR) is 102 cm³/mol. The van der Waals surface area contributed by atoms with Crippen LogP contribution in [0.5, 0.6) is 11.5 Å². The first-order valence-electron chi connectivity index (χ1n) is 8.17. The zero-order valence-electron chi connectivity index (χ0n) is 15.2. The van der Waals surface area contributed by atoms with Crippen LogP contribution in [-0.4, -0.2) is 33.1 Å². The summed E-state index contributed by atoms with van der Waals surface area (Å²) < 4.78 is 39.1. The molecule has 3 aromatic rings. The fourth-order valence-electron chi connectivity index (χ4n) is 2.78. The van der Waals surface area contributed by atoms with Crippen molar-refractivity contribution in [3.8, 4) is 11.5 Å².